The highest BCUT2D eigenvalue weighted by Gasteiger charge is 2.63. The number of aliphatic hydroxyl groups excluding tert-OH is 1. The molecule has 2 fully saturated rings. The Bertz CT molecular complexity index is 496. The van der Waals surface area contributed by atoms with Gasteiger partial charge in [0, 0.05) is 19.8 Å². The predicted octanol–water partition coefficient (Wildman–Crippen LogP) is 2.79. The second-order valence-corrected chi connectivity index (χ2v) is 13.0. The fourth-order valence-electron chi connectivity index (χ4n) is 2.95. The van der Waals surface area contributed by atoms with E-state index in [0.29, 0.717) is 18.4 Å². The van der Waals surface area contributed by atoms with Crippen molar-refractivity contribution in [1.82, 2.24) is 0 Å². The van der Waals surface area contributed by atoms with Gasteiger partial charge in [-0.25, -0.2) is 0 Å². The smallest absolute Gasteiger partial charge is 0.302 e. The van der Waals surface area contributed by atoms with Crippen LogP contribution in [0.4, 0.5) is 0 Å². The zero-order valence-electron chi connectivity index (χ0n) is 15.1. The van der Waals surface area contributed by atoms with Gasteiger partial charge in [0.25, 0.3) is 0 Å². The summed E-state index contributed by atoms with van der Waals surface area (Å²) in [5.41, 5.74) is 0.0879. The number of hydrogen-bond donors (Lipinski definition) is 1. The lowest BCUT2D eigenvalue weighted by Crippen LogP contribution is -2.49. The number of aliphatic hydroxyl groups is 1. The molecule has 6 heteroatoms. The maximum Gasteiger partial charge on any atom is 0.302 e. The number of ether oxygens (including phenoxy) is 2. The van der Waals surface area contributed by atoms with Crippen molar-refractivity contribution < 1.29 is 23.8 Å². The van der Waals surface area contributed by atoms with Crippen molar-refractivity contribution >= 4 is 14.3 Å². The van der Waals surface area contributed by atoms with Gasteiger partial charge >= 0.3 is 5.97 Å². The second-order valence-electron chi connectivity index (χ2n) is 8.28. The molecule has 0 aromatic heterocycles. The fraction of sp³-hybridized carbons (Fsp3) is 0.824. The van der Waals surface area contributed by atoms with E-state index in [2.05, 4.69) is 40.4 Å². The predicted molar refractivity (Wildman–Crippen MR) is 90.7 cm³/mol. The molecule has 1 aliphatic carbocycles. The lowest BCUT2D eigenvalue weighted by molar-refractivity contribution is -0.141. The van der Waals surface area contributed by atoms with Gasteiger partial charge in [0.2, 0.25) is 0 Å². The molecule has 23 heavy (non-hydrogen) atoms. The van der Waals surface area contributed by atoms with Crippen molar-refractivity contribution in [3.63, 3.8) is 0 Å². The Hall–Kier alpha value is -0.693. The Morgan fingerprint density at radius 1 is 1.48 bits per heavy atom. The number of carbonyl (C=O) groups excluding carboxylic acids is 1. The molecule has 1 saturated heterocycles. The summed E-state index contributed by atoms with van der Waals surface area (Å²) in [5, 5.41) is 10.5. The molecule has 1 saturated carbocycles. The van der Waals surface area contributed by atoms with Crippen molar-refractivity contribution in [3.8, 4) is 0 Å². The molecule has 1 spiro atoms. The van der Waals surface area contributed by atoms with Gasteiger partial charge in [0.15, 0.2) is 8.32 Å². The SMILES string of the molecule is C=C1[C@@H](O)C[C@H](O[Si](C)(C)C(C)(C)C)C[C@]12O[C@@H]2COC(C)=O. The van der Waals surface area contributed by atoms with Crippen LogP contribution in [0.15, 0.2) is 12.2 Å². The molecule has 2 aliphatic rings. The summed E-state index contributed by atoms with van der Waals surface area (Å²) in [6.45, 7) is 16.6. The quantitative estimate of drug-likeness (QED) is 0.368. The van der Waals surface area contributed by atoms with Crippen LogP contribution in [-0.4, -0.2) is 49.9 Å². The third kappa shape index (κ3) is 3.70. The summed E-state index contributed by atoms with van der Waals surface area (Å²) < 4.78 is 17.3. The third-order valence-corrected chi connectivity index (χ3v) is 10.0. The largest absolute Gasteiger partial charge is 0.463 e. The molecule has 0 unspecified atom stereocenters. The minimum atomic E-state index is -1.92. The number of esters is 1. The highest BCUT2D eigenvalue weighted by Crippen LogP contribution is 2.52. The summed E-state index contributed by atoms with van der Waals surface area (Å²) >= 11 is 0. The van der Waals surface area contributed by atoms with E-state index in [1.807, 2.05) is 0 Å². The molecule has 0 bridgehead atoms. The maximum atomic E-state index is 11.0. The Morgan fingerprint density at radius 2 is 2.09 bits per heavy atom. The molecule has 1 aliphatic heterocycles. The van der Waals surface area contributed by atoms with Gasteiger partial charge in [-0.15, -0.1) is 0 Å². The molecule has 0 aromatic carbocycles. The zero-order chi connectivity index (χ0) is 17.6. The minimum absolute atomic E-state index is 0.0567. The number of epoxide rings is 1. The molecule has 0 radical (unpaired) electrons. The van der Waals surface area contributed by atoms with Gasteiger partial charge in [0.05, 0.1) is 12.2 Å². The molecule has 0 aromatic rings. The Labute approximate surface area is 140 Å². The average Bonchev–Trinajstić information content (AvgIpc) is 3.05. The molecule has 0 amide bonds. The first kappa shape index (κ1) is 18.6. The maximum absolute atomic E-state index is 11.0. The van der Waals surface area contributed by atoms with E-state index >= 15 is 0 Å². The van der Waals surface area contributed by atoms with Crippen LogP contribution in [0, 0.1) is 0 Å². The number of hydrogen-bond acceptors (Lipinski definition) is 5. The summed E-state index contributed by atoms with van der Waals surface area (Å²) in [6, 6.07) is 0. The van der Waals surface area contributed by atoms with E-state index in [4.69, 9.17) is 13.9 Å². The highest BCUT2D eigenvalue weighted by atomic mass is 28.4. The van der Waals surface area contributed by atoms with Gasteiger partial charge in [-0.1, -0.05) is 27.4 Å². The van der Waals surface area contributed by atoms with E-state index < -0.39 is 20.0 Å². The van der Waals surface area contributed by atoms with E-state index in [0.717, 1.165) is 0 Å². The molecule has 1 N–H and O–H groups in total. The van der Waals surface area contributed by atoms with Crippen LogP contribution in [0.3, 0.4) is 0 Å². The van der Waals surface area contributed by atoms with Crippen LogP contribution >= 0.6 is 0 Å². The Balaban J connectivity index is 2.06. The fourth-order valence-corrected chi connectivity index (χ4v) is 4.32. The first-order valence-corrected chi connectivity index (χ1v) is 11.2. The standard InChI is InChI=1S/C17H30O5Si/c1-11-14(19)8-13(22-23(6,7)16(3,4)5)9-17(11)15(21-17)10-20-12(2)18/h13-15,19H,1,8-10H2,2-7H3/t13-,14-,15+,17-/m0/s1. The van der Waals surface area contributed by atoms with E-state index in [9.17, 15) is 9.90 Å². The molecular weight excluding hydrogens is 312 g/mol. The normalized spacial score (nSPS) is 34.6. The lowest BCUT2D eigenvalue weighted by Gasteiger charge is -2.42. The topological polar surface area (TPSA) is 68.3 Å². The monoisotopic (exact) mass is 342 g/mol. The molecular formula is C17H30O5Si. The van der Waals surface area contributed by atoms with E-state index in [1.54, 1.807) is 0 Å². The van der Waals surface area contributed by atoms with Crippen molar-refractivity contribution in [2.24, 2.45) is 0 Å². The first-order chi connectivity index (χ1) is 10.4. The molecule has 5 nitrogen and oxygen atoms in total. The Morgan fingerprint density at radius 3 is 2.61 bits per heavy atom. The molecule has 2 rings (SSSR count). The number of rotatable bonds is 4. The Kier molecular flexibility index (Phi) is 4.85. The van der Waals surface area contributed by atoms with Crippen LogP contribution < -0.4 is 0 Å². The van der Waals surface area contributed by atoms with E-state index in [1.165, 1.54) is 6.92 Å². The van der Waals surface area contributed by atoms with Gasteiger partial charge in [0.1, 0.15) is 18.3 Å². The van der Waals surface area contributed by atoms with Crippen molar-refractivity contribution in [1.29, 1.82) is 0 Å². The summed E-state index contributed by atoms with van der Waals surface area (Å²) in [5.74, 6) is -0.327. The summed E-state index contributed by atoms with van der Waals surface area (Å²) in [7, 11) is -1.92. The van der Waals surface area contributed by atoms with Gasteiger partial charge < -0.3 is 19.0 Å². The number of carbonyl (C=O) groups is 1. The van der Waals surface area contributed by atoms with Crippen molar-refractivity contribution in [2.75, 3.05) is 6.61 Å². The molecule has 4 atom stereocenters. The molecule has 132 valence electrons. The summed E-state index contributed by atoms with van der Waals surface area (Å²) in [6.07, 6.45) is 0.303. The van der Waals surface area contributed by atoms with Crippen molar-refractivity contribution in [2.45, 2.75) is 82.6 Å². The summed E-state index contributed by atoms with van der Waals surface area (Å²) in [4.78, 5) is 11.0. The highest BCUT2D eigenvalue weighted by molar-refractivity contribution is 6.74. The van der Waals surface area contributed by atoms with Gasteiger partial charge in [-0.3, -0.25) is 4.79 Å². The molecule has 1 heterocycles. The van der Waals surface area contributed by atoms with Crippen LogP contribution in [0.25, 0.3) is 0 Å². The second kappa shape index (κ2) is 5.99. The average molecular weight is 343 g/mol. The minimum Gasteiger partial charge on any atom is -0.463 e. The van der Waals surface area contributed by atoms with Gasteiger partial charge in [-0.05, 0) is 23.7 Å². The van der Waals surface area contributed by atoms with Gasteiger partial charge in [-0.2, -0.15) is 0 Å². The van der Waals surface area contributed by atoms with Crippen LogP contribution in [-0.2, 0) is 18.7 Å². The van der Waals surface area contributed by atoms with Crippen LogP contribution in [0.5, 0.6) is 0 Å². The van der Waals surface area contributed by atoms with Crippen LogP contribution in [0.1, 0.15) is 40.5 Å². The lowest BCUT2D eigenvalue weighted by atomic mass is 9.79. The van der Waals surface area contributed by atoms with Crippen molar-refractivity contribution in [3.05, 3.63) is 12.2 Å². The third-order valence-electron chi connectivity index (χ3n) is 5.48. The van der Waals surface area contributed by atoms with Crippen LogP contribution in [0.2, 0.25) is 18.1 Å². The first-order valence-electron chi connectivity index (χ1n) is 8.25. The zero-order valence-corrected chi connectivity index (χ0v) is 16.1. The van der Waals surface area contributed by atoms with E-state index in [-0.39, 0.29) is 29.8 Å².